The number of carbonyl (C=O) groups excluding carboxylic acids is 2. The molecule has 6 heteroatoms. The molecule has 0 saturated heterocycles. The van der Waals surface area contributed by atoms with Crippen LogP contribution in [0.2, 0.25) is 0 Å². The van der Waals surface area contributed by atoms with E-state index in [4.69, 9.17) is 4.98 Å². The van der Waals surface area contributed by atoms with Crippen LogP contribution in [0.5, 0.6) is 0 Å². The van der Waals surface area contributed by atoms with Crippen molar-refractivity contribution < 1.29 is 9.59 Å². The largest absolute Gasteiger partial charge is 0.356 e. The van der Waals surface area contributed by atoms with E-state index in [2.05, 4.69) is 22.9 Å². The van der Waals surface area contributed by atoms with E-state index in [-0.39, 0.29) is 16.9 Å². The predicted octanol–water partition coefficient (Wildman–Crippen LogP) is 4.10. The third-order valence-corrected chi connectivity index (χ3v) is 5.70. The Hall–Kier alpha value is -2.60. The standard InChI is InChI=1S/C22H25N3O2S/c1-4-25-20-8-6-5-7-19(20)24-22(25)28-15(2)21(27)18-11-9-17(10-12-18)13-14-23-16(3)26/h5-12,15H,4,13-14H2,1-3H3,(H,23,26). The molecule has 146 valence electrons. The lowest BCUT2D eigenvalue weighted by atomic mass is 10.0. The zero-order valence-electron chi connectivity index (χ0n) is 16.4. The number of rotatable bonds is 8. The fraction of sp³-hybridized carbons (Fsp3) is 0.318. The Balaban J connectivity index is 1.68. The number of hydrogen-bond acceptors (Lipinski definition) is 4. The van der Waals surface area contributed by atoms with Crippen molar-refractivity contribution in [3.05, 3.63) is 59.7 Å². The Labute approximate surface area is 169 Å². The molecule has 0 aliphatic carbocycles. The van der Waals surface area contributed by atoms with Gasteiger partial charge in [0, 0.05) is 25.6 Å². The maximum absolute atomic E-state index is 12.9. The second-order valence-electron chi connectivity index (χ2n) is 6.68. The Kier molecular flexibility index (Phi) is 6.52. The zero-order chi connectivity index (χ0) is 20.1. The molecule has 0 spiro atoms. The van der Waals surface area contributed by atoms with Crippen LogP contribution in [0.15, 0.2) is 53.7 Å². The SMILES string of the molecule is CCn1c(SC(C)C(=O)c2ccc(CCNC(C)=O)cc2)nc2ccccc21. The number of ketones is 1. The molecule has 0 saturated carbocycles. The fourth-order valence-electron chi connectivity index (χ4n) is 3.11. The normalized spacial score (nSPS) is 12.1. The summed E-state index contributed by atoms with van der Waals surface area (Å²) in [6, 6.07) is 15.7. The third-order valence-electron chi connectivity index (χ3n) is 4.61. The molecule has 0 fully saturated rings. The lowest BCUT2D eigenvalue weighted by Crippen LogP contribution is -2.22. The molecule has 28 heavy (non-hydrogen) atoms. The van der Waals surface area contributed by atoms with Crippen molar-refractivity contribution in [3.63, 3.8) is 0 Å². The van der Waals surface area contributed by atoms with Gasteiger partial charge in [0.05, 0.1) is 16.3 Å². The van der Waals surface area contributed by atoms with E-state index in [0.717, 1.165) is 34.7 Å². The summed E-state index contributed by atoms with van der Waals surface area (Å²) in [5.41, 5.74) is 3.84. The van der Waals surface area contributed by atoms with Crippen molar-refractivity contribution in [2.75, 3.05) is 6.54 Å². The van der Waals surface area contributed by atoms with Gasteiger partial charge in [-0.3, -0.25) is 9.59 Å². The number of nitrogens with zero attached hydrogens (tertiary/aromatic N) is 2. The Bertz CT molecular complexity index is 979. The van der Waals surface area contributed by atoms with Gasteiger partial charge < -0.3 is 9.88 Å². The first-order valence-electron chi connectivity index (χ1n) is 9.49. The molecule has 1 heterocycles. The van der Waals surface area contributed by atoms with Crippen LogP contribution in [0.1, 0.15) is 36.7 Å². The van der Waals surface area contributed by atoms with Gasteiger partial charge in [-0.05, 0) is 38.0 Å². The Morgan fingerprint density at radius 2 is 1.86 bits per heavy atom. The number of hydrogen-bond donors (Lipinski definition) is 1. The molecule has 1 unspecified atom stereocenters. The molecule has 0 bridgehead atoms. The molecule has 1 aromatic heterocycles. The molecule has 2 aromatic carbocycles. The number of para-hydroxylation sites is 2. The first-order valence-corrected chi connectivity index (χ1v) is 10.4. The summed E-state index contributed by atoms with van der Waals surface area (Å²) in [4.78, 5) is 28.5. The minimum absolute atomic E-state index is 0.0317. The first kappa shape index (κ1) is 20.1. The highest BCUT2D eigenvalue weighted by atomic mass is 32.2. The molecule has 1 atom stereocenters. The lowest BCUT2D eigenvalue weighted by molar-refractivity contribution is -0.118. The summed E-state index contributed by atoms with van der Waals surface area (Å²) in [6.07, 6.45) is 0.749. The van der Waals surface area contributed by atoms with Crippen LogP contribution < -0.4 is 5.32 Å². The second-order valence-corrected chi connectivity index (χ2v) is 7.99. The summed E-state index contributed by atoms with van der Waals surface area (Å²) >= 11 is 1.50. The highest BCUT2D eigenvalue weighted by molar-refractivity contribution is 8.00. The molecule has 1 amide bonds. The van der Waals surface area contributed by atoms with Crippen LogP contribution in [0.3, 0.4) is 0 Å². The molecule has 5 nitrogen and oxygen atoms in total. The van der Waals surface area contributed by atoms with Crippen LogP contribution in [0.25, 0.3) is 11.0 Å². The van der Waals surface area contributed by atoms with E-state index in [0.29, 0.717) is 12.1 Å². The number of carbonyl (C=O) groups is 2. The van der Waals surface area contributed by atoms with Gasteiger partial charge in [-0.15, -0.1) is 0 Å². The van der Waals surface area contributed by atoms with Gasteiger partial charge >= 0.3 is 0 Å². The van der Waals surface area contributed by atoms with E-state index < -0.39 is 0 Å². The first-order chi connectivity index (χ1) is 13.5. The number of nitrogens with one attached hydrogen (secondary N) is 1. The maximum atomic E-state index is 12.9. The quantitative estimate of drug-likeness (QED) is 0.461. The van der Waals surface area contributed by atoms with E-state index in [1.807, 2.05) is 49.4 Å². The number of imidazole rings is 1. The van der Waals surface area contributed by atoms with Crippen LogP contribution in [0.4, 0.5) is 0 Å². The van der Waals surface area contributed by atoms with Gasteiger partial charge in [-0.25, -0.2) is 4.98 Å². The summed E-state index contributed by atoms with van der Waals surface area (Å²) in [6.45, 7) is 6.93. The fourth-order valence-corrected chi connectivity index (χ4v) is 4.18. The molecular formula is C22H25N3O2S. The Morgan fingerprint density at radius 3 is 2.54 bits per heavy atom. The number of thioether (sulfide) groups is 1. The summed E-state index contributed by atoms with van der Waals surface area (Å²) in [7, 11) is 0. The second kappa shape index (κ2) is 9.06. The van der Waals surface area contributed by atoms with Crippen LogP contribution >= 0.6 is 11.8 Å². The summed E-state index contributed by atoms with van der Waals surface area (Å²) in [5.74, 6) is 0.0591. The van der Waals surface area contributed by atoms with Gasteiger partial charge in [0.1, 0.15) is 0 Å². The topological polar surface area (TPSA) is 64.0 Å². The number of amides is 1. The zero-order valence-corrected chi connectivity index (χ0v) is 17.3. The smallest absolute Gasteiger partial charge is 0.216 e. The predicted molar refractivity (Wildman–Crippen MR) is 114 cm³/mol. The summed E-state index contributed by atoms with van der Waals surface area (Å²) < 4.78 is 2.15. The number of aryl methyl sites for hydroxylation is 1. The number of fused-ring (bicyclic) bond motifs is 1. The average Bonchev–Trinajstić information content (AvgIpc) is 3.04. The van der Waals surface area contributed by atoms with E-state index in [9.17, 15) is 9.59 Å². The van der Waals surface area contributed by atoms with Crippen LogP contribution in [0, 0.1) is 0 Å². The minimum Gasteiger partial charge on any atom is -0.356 e. The van der Waals surface area contributed by atoms with E-state index >= 15 is 0 Å². The van der Waals surface area contributed by atoms with Gasteiger partial charge in [0.25, 0.3) is 0 Å². The molecule has 1 N–H and O–H groups in total. The minimum atomic E-state index is -0.229. The number of aromatic nitrogens is 2. The van der Waals surface area contributed by atoms with Crippen LogP contribution in [-0.4, -0.2) is 33.0 Å². The molecule has 0 aliphatic rings. The third kappa shape index (κ3) is 4.62. The van der Waals surface area contributed by atoms with Gasteiger partial charge in [0.15, 0.2) is 10.9 Å². The van der Waals surface area contributed by atoms with Crippen molar-refractivity contribution in [2.24, 2.45) is 0 Å². The number of Topliss-reactive ketones (excluding diaryl/α,β-unsaturated/α-hetero) is 1. The monoisotopic (exact) mass is 395 g/mol. The van der Waals surface area contributed by atoms with Crippen LogP contribution in [-0.2, 0) is 17.8 Å². The maximum Gasteiger partial charge on any atom is 0.216 e. The van der Waals surface area contributed by atoms with Crippen molar-refractivity contribution in [1.82, 2.24) is 14.9 Å². The molecule has 0 radical (unpaired) electrons. The van der Waals surface area contributed by atoms with Crippen molar-refractivity contribution in [2.45, 2.75) is 44.1 Å². The van der Waals surface area contributed by atoms with Gasteiger partial charge in [-0.1, -0.05) is 48.2 Å². The summed E-state index contributed by atoms with van der Waals surface area (Å²) in [5, 5.41) is 3.42. The van der Waals surface area contributed by atoms with Crippen molar-refractivity contribution >= 4 is 34.5 Å². The van der Waals surface area contributed by atoms with E-state index in [1.165, 1.54) is 18.7 Å². The van der Waals surface area contributed by atoms with Gasteiger partial charge in [-0.2, -0.15) is 0 Å². The van der Waals surface area contributed by atoms with Crippen molar-refractivity contribution in [3.8, 4) is 0 Å². The highest BCUT2D eigenvalue weighted by Gasteiger charge is 2.20. The lowest BCUT2D eigenvalue weighted by Gasteiger charge is -2.12. The molecule has 3 aromatic rings. The Morgan fingerprint density at radius 1 is 1.14 bits per heavy atom. The van der Waals surface area contributed by atoms with Crippen molar-refractivity contribution in [1.29, 1.82) is 0 Å². The van der Waals surface area contributed by atoms with Gasteiger partial charge in [0.2, 0.25) is 5.91 Å². The molecular weight excluding hydrogens is 370 g/mol. The van der Waals surface area contributed by atoms with E-state index in [1.54, 1.807) is 0 Å². The number of benzene rings is 2. The average molecular weight is 396 g/mol. The highest BCUT2D eigenvalue weighted by Crippen LogP contribution is 2.28. The molecule has 0 aliphatic heterocycles. The molecule has 3 rings (SSSR count).